The smallest absolute Gasteiger partial charge is 0.322 e. The highest BCUT2D eigenvalue weighted by molar-refractivity contribution is 5.91. The molecule has 1 aliphatic heterocycles. The number of nitrogens with one attached hydrogen (secondary N) is 1. The van der Waals surface area contributed by atoms with Crippen molar-refractivity contribution < 1.29 is 14.5 Å². The number of nitro benzene ring substituents is 1. The summed E-state index contributed by atoms with van der Waals surface area (Å²) in [6.07, 6.45) is 1.80. The van der Waals surface area contributed by atoms with Gasteiger partial charge in [-0.05, 0) is 43.5 Å². The maximum Gasteiger partial charge on any atom is 0.322 e. The molecule has 1 N–H and O–H groups in total. The quantitative estimate of drug-likeness (QED) is 0.655. The van der Waals surface area contributed by atoms with Crippen molar-refractivity contribution >= 4 is 17.4 Å². The number of anilines is 1. The van der Waals surface area contributed by atoms with Gasteiger partial charge in [-0.15, -0.1) is 0 Å². The van der Waals surface area contributed by atoms with Crippen LogP contribution in [-0.2, 0) is 0 Å². The van der Waals surface area contributed by atoms with Crippen LogP contribution >= 0.6 is 0 Å². The Kier molecular flexibility index (Phi) is 5.06. The number of benzene rings is 2. The molecule has 1 fully saturated rings. The fourth-order valence-electron chi connectivity index (χ4n) is 3.33. The number of carbonyl (C=O) groups is 1. The number of urea groups is 1. The molecule has 0 aliphatic carbocycles. The number of hydrogen-bond donors (Lipinski definition) is 1. The number of rotatable bonds is 4. The summed E-state index contributed by atoms with van der Waals surface area (Å²) in [5.41, 5.74) is 1.96. The van der Waals surface area contributed by atoms with Crippen LogP contribution in [0.5, 0.6) is 5.75 Å². The summed E-state index contributed by atoms with van der Waals surface area (Å²) >= 11 is 0. The number of ether oxygens (including phenoxy) is 1. The molecule has 0 aromatic heterocycles. The Morgan fingerprint density at radius 1 is 1.27 bits per heavy atom. The monoisotopic (exact) mass is 355 g/mol. The van der Waals surface area contributed by atoms with Crippen molar-refractivity contribution in [1.82, 2.24) is 4.90 Å². The standard InChI is InChI=1S/C19H21N3O4/c1-13-16(5-3-6-17(13)22(24)25)20-19(23)21-12-4-7-18(21)14-8-10-15(26-2)11-9-14/h3,5-6,8-11,18H,4,7,12H2,1-2H3,(H,20,23)/t18-/m1/s1. The summed E-state index contributed by atoms with van der Waals surface area (Å²) in [5.74, 6) is 0.773. The fraction of sp³-hybridized carbons (Fsp3) is 0.316. The van der Waals surface area contributed by atoms with Crippen LogP contribution in [0.3, 0.4) is 0 Å². The molecule has 2 aromatic rings. The van der Waals surface area contributed by atoms with Gasteiger partial charge in [0.15, 0.2) is 0 Å². The minimum Gasteiger partial charge on any atom is -0.497 e. The van der Waals surface area contributed by atoms with E-state index in [2.05, 4.69) is 5.32 Å². The van der Waals surface area contributed by atoms with E-state index in [4.69, 9.17) is 4.74 Å². The van der Waals surface area contributed by atoms with Crippen LogP contribution in [0.4, 0.5) is 16.2 Å². The van der Waals surface area contributed by atoms with E-state index in [1.807, 2.05) is 24.3 Å². The minimum absolute atomic E-state index is 0.00377. The topological polar surface area (TPSA) is 84.7 Å². The number of amides is 2. The molecule has 26 heavy (non-hydrogen) atoms. The normalized spacial score (nSPS) is 16.4. The van der Waals surface area contributed by atoms with Crippen LogP contribution in [0.1, 0.15) is 30.0 Å². The number of hydrogen-bond acceptors (Lipinski definition) is 4. The molecule has 0 bridgehead atoms. The highest BCUT2D eigenvalue weighted by Gasteiger charge is 2.30. The Balaban J connectivity index is 1.78. The Hall–Kier alpha value is -3.09. The lowest BCUT2D eigenvalue weighted by molar-refractivity contribution is -0.385. The molecule has 0 radical (unpaired) electrons. The SMILES string of the molecule is COc1ccc([C@H]2CCCN2C(=O)Nc2cccc([N+](=O)[O-])c2C)cc1. The van der Waals surface area contributed by atoms with E-state index in [-0.39, 0.29) is 17.8 Å². The third-order valence-corrected chi connectivity index (χ3v) is 4.76. The van der Waals surface area contributed by atoms with E-state index >= 15 is 0 Å². The minimum atomic E-state index is -0.443. The molecular weight excluding hydrogens is 334 g/mol. The Morgan fingerprint density at radius 3 is 2.65 bits per heavy atom. The number of methoxy groups -OCH3 is 1. The average molecular weight is 355 g/mol. The third kappa shape index (κ3) is 3.46. The van der Waals surface area contributed by atoms with Crippen molar-refractivity contribution in [2.75, 3.05) is 19.0 Å². The van der Waals surface area contributed by atoms with Gasteiger partial charge in [-0.2, -0.15) is 0 Å². The first-order valence-electron chi connectivity index (χ1n) is 8.47. The lowest BCUT2D eigenvalue weighted by atomic mass is 10.0. The van der Waals surface area contributed by atoms with Crippen LogP contribution in [0.25, 0.3) is 0 Å². The summed E-state index contributed by atoms with van der Waals surface area (Å²) in [7, 11) is 1.62. The number of carbonyl (C=O) groups excluding carboxylic acids is 1. The number of nitrogens with zero attached hydrogens (tertiary/aromatic N) is 2. The molecule has 0 unspecified atom stereocenters. The molecular formula is C19H21N3O4. The fourth-order valence-corrected chi connectivity index (χ4v) is 3.33. The predicted octanol–water partition coefficient (Wildman–Crippen LogP) is 4.28. The third-order valence-electron chi connectivity index (χ3n) is 4.76. The highest BCUT2D eigenvalue weighted by atomic mass is 16.6. The molecule has 1 saturated heterocycles. The summed E-state index contributed by atoms with van der Waals surface area (Å²) in [5, 5.41) is 13.9. The average Bonchev–Trinajstić information content (AvgIpc) is 3.13. The van der Waals surface area contributed by atoms with Crippen molar-refractivity contribution in [3.63, 3.8) is 0 Å². The van der Waals surface area contributed by atoms with E-state index in [1.54, 1.807) is 31.1 Å². The van der Waals surface area contributed by atoms with Gasteiger partial charge in [0, 0.05) is 12.6 Å². The summed E-state index contributed by atoms with van der Waals surface area (Å²) in [4.78, 5) is 25.2. The molecule has 3 rings (SSSR count). The molecule has 0 spiro atoms. The molecule has 2 amide bonds. The van der Waals surface area contributed by atoms with Gasteiger partial charge in [-0.3, -0.25) is 10.1 Å². The van der Waals surface area contributed by atoms with Gasteiger partial charge in [0.25, 0.3) is 5.69 Å². The van der Waals surface area contributed by atoms with E-state index in [0.717, 1.165) is 24.2 Å². The van der Waals surface area contributed by atoms with Crippen molar-refractivity contribution in [3.8, 4) is 5.75 Å². The Morgan fingerprint density at radius 2 is 2.00 bits per heavy atom. The van der Waals surface area contributed by atoms with Crippen molar-refractivity contribution in [2.24, 2.45) is 0 Å². The van der Waals surface area contributed by atoms with E-state index in [9.17, 15) is 14.9 Å². The lowest BCUT2D eigenvalue weighted by Gasteiger charge is -2.26. The largest absolute Gasteiger partial charge is 0.497 e. The van der Waals surface area contributed by atoms with E-state index < -0.39 is 4.92 Å². The first-order chi connectivity index (χ1) is 12.5. The second kappa shape index (κ2) is 7.43. The highest BCUT2D eigenvalue weighted by Crippen LogP contribution is 2.34. The zero-order valence-electron chi connectivity index (χ0n) is 14.8. The van der Waals surface area contributed by atoms with Gasteiger partial charge in [-0.25, -0.2) is 4.79 Å². The van der Waals surface area contributed by atoms with Gasteiger partial charge >= 0.3 is 6.03 Å². The van der Waals surface area contributed by atoms with E-state index in [0.29, 0.717) is 17.8 Å². The Labute approximate surface area is 151 Å². The van der Waals surface area contributed by atoms with Crippen LogP contribution in [-0.4, -0.2) is 29.5 Å². The molecule has 136 valence electrons. The Bertz CT molecular complexity index is 820. The lowest BCUT2D eigenvalue weighted by Crippen LogP contribution is -2.34. The van der Waals surface area contributed by atoms with Crippen LogP contribution in [0.15, 0.2) is 42.5 Å². The number of likely N-dealkylation sites (tertiary alicyclic amines) is 1. The second-order valence-corrected chi connectivity index (χ2v) is 6.26. The van der Waals surface area contributed by atoms with Gasteiger partial charge in [0.2, 0.25) is 0 Å². The first-order valence-corrected chi connectivity index (χ1v) is 8.47. The van der Waals surface area contributed by atoms with Crippen LogP contribution in [0.2, 0.25) is 0 Å². The second-order valence-electron chi connectivity index (χ2n) is 6.26. The van der Waals surface area contributed by atoms with Crippen LogP contribution < -0.4 is 10.1 Å². The van der Waals surface area contributed by atoms with E-state index in [1.165, 1.54) is 6.07 Å². The predicted molar refractivity (Wildman–Crippen MR) is 98.5 cm³/mol. The molecule has 7 heteroatoms. The van der Waals surface area contributed by atoms with Gasteiger partial charge in [-0.1, -0.05) is 18.2 Å². The molecule has 1 atom stereocenters. The summed E-state index contributed by atoms with van der Waals surface area (Å²) in [6.45, 7) is 2.29. The zero-order valence-corrected chi connectivity index (χ0v) is 14.8. The molecule has 0 saturated carbocycles. The van der Waals surface area contributed by atoms with Crippen molar-refractivity contribution in [1.29, 1.82) is 0 Å². The first kappa shape index (κ1) is 17.7. The summed E-state index contributed by atoms with van der Waals surface area (Å²) < 4.78 is 5.18. The van der Waals surface area contributed by atoms with Crippen molar-refractivity contribution in [3.05, 3.63) is 63.7 Å². The van der Waals surface area contributed by atoms with Gasteiger partial charge in [0.05, 0.1) is 29.3 Å². The molecule has 1 heterocycles. The molecule has 1 aliphatic rings. The van der Waals surface area contributed by atoms with Crippen molar-refractivity contribution in [2.45, 2.75) is 25.8 Å². The maximum absolute atomic E-state index is 12.8. The molecule has 7 nitrogen and oxygen atoms in total. The van der Waals surface area contributed by atoms with Gasteiger partial charge in [0.1, 0.15) is 5.75 Å². The summed E-state index contributed by atoms with van der Waals surface area (Å²) in [6, 6.07) is 12.1. The maximum atomic E-state index is 12.8. The number of nitro groups is 1. The molecule has 2 aromatic carbocycles. The zero-order chi connectivity index (χ0) is 18.7. The van der Waals surface area contributed by atoms with Gasteiger partial charge < -0.3 is 15.0 Å². The van der Waals surface area contributed by atoms with Crippen LogP contribution in [0, 0.1) is 17.0 Å².